The number of anilines is 1. The summed E-state index contributed by atoms with van der Waals surface area (Å²) in [6.07, 6.45) is 0. The van der Waals surface area contributed by atoms with Gasteiger partial charge in [0.2, 0.25) is 0 Å². The zero-order valence-electron chi connectivity index (χ0n) is 10.7. The van der Waals surface area contributed by atoms with Crippen molar-refractivity contribution >= 4 is 76.2 Å². The number of nitrogens with two attached hydrogens (primary N) is 1. The Morgan fingerprint density at radius 2 is 2.14 bits per heavy atom. The fraction of sp³-hybridized carbons (Fsp3) is 0.0714. The third-order valence-electron chi connectivity index (χ3n) is 2.95. The van der Waals surface area contributed by atoms with Crippen LogP contribution in [-0.4, -0.2) is 5.91 Å². The number of hydrogen-bond acceptors (Lipinski definition) is 4. The minimum atomic E-state index is -0.134. The Balaban J connectivity index is 1.84. The van der Waals surface area contributed by atoms with Crippen molar-refractivity contribution in [1.82, 2.24) is 5.32 Å². The highest BCUT2D eigenvalue weighted by Gasteiger charge is 2.17. The van der Waals surface area contributed by atoms with Crippen molar-refractivity contribution in [1.29, 1.82) is 0 Å². The number of thiophene rings is 2. The number of carbonyl (C=O) groups is 1. The second-order valence-corrected chi connectivity index (χ2v) is 8.19. The van der Waals surface area contributed by atoms with Crippen molar-refractivity contribution in [2.75, 3.05) is 5.73 Å². The van der Waals surface area contributed by atoms with E-state index in [0.29, 0.717) is 17.1 Å². The fourth-order valence-electron chi connectivity index (χ4n) is 1.99. The molecule has 0 aliphatic carbocycles. The second kappa shape index (κ2) is 6.08. The molecule has 0 aliphatic heterocycles. The Bertz CT molecular complexity index is 826. The number of nitrogens with one attached hydrogen (secondary N) is 1. The molecular weight excluding hydrogens is 436 g/mol. The van der Waals surface area contributed by atoms with Crippen molar-refractivity contribution in [2.24, 2.45) is 0 Å². The maximum absolute atomic E-state index is 12.3. The average Bonchev–Trinajstić information content (AvgIpc) is 3.01. The van der Waals surface area contributed by atoms with Gasteiger partial charge in [0.05, 0.1) is 12.2 Å². The summed E-state index contributed by atoms with van der Waals surface area (Å²) in [4.78, 5) is 14.0. The van der Waals surface area contributed by atoms with Gasteiger partial charge in [-0.05, 0) is 34.1 Å². The van der Waals surface area contributed by atoms with E-state index in [1.807, 2.05) is 29.6 Å². The van der Waals surface area contributed by atoms with E-state index in [0.717, 1.165) is 23.9 Å². The molecule has 1 aromatic carbocycles. The molecule has 0 saturated heterocycles. The van der Waals surface area contributed by atoms with Crippen LogP contribution in [0.4, 0.5) is 5.69 Å². The maximum atomic E-state index is 12.3. The van der Waals surface area contributed by atoms with Gasteiger partial charge in [-0.1, -0.05) is 22.0 Å². The monoisotopic (exact) mass is 444 g/mol. The molecule has 3 N–H and O–H groups in total. The molecule has 0 radical (unpaired) electrons. The van der Waals surface area contributed by atoms with Gasteiger partial charge in [-0.3, -0.25) is 4.79 Å². The van der Waals surface area contributed by atoms with Gasteiger partial charge in [0.25, 0.3) is 5.91 Å². The highest BCUT2D eigenvalue weighted by atomic mass is 79.9. The molecule has 108 valence electrons. The first-order valence-corrected chi connectivity index (χ1v) is 9.32. The minimum Gasteiger partial charge on any atom is -0.397 e. The van der Waals surface area contributed by atoms with Gasteiger partial charge in [0, 0.05) is 29.3 Å². The van der Waals surface area contributed by atoms with Crippen molar-refractivity contribution in [3.05, 3.63) is 48.3 Å². The lowest BCUT2D eigenvalue weighted by Gasteiger charge is -2.02. The number of nitrogen functional groups attached to an aromatic ring is 1. The summed E-state index contributed by atoms with van der Waals surface area (Å²) in [5, 5.41) is 5.82. The van der Waals surface area contributed by atoms with Crippen molar-refractivity contribution < 1.29 is 4.79 Å². The smallest absolute Gasteiger partial charge is 0.263 e. The molecule has 1 amide bonds. The van der Waals surface area contributed by atoms with E-state index in [9.17, 15) is 4.79 Å². The second-order valence-electron chi connectivity index (χ2n) is 4.37. The van der Waals surface area contributed by atoms with Crippen LogP contribution in [0, 0.1) is 0 Å². The number of fused-ring (bicyclic) bond motifs is 1. The van der Waals surface area contributed by atoms with E-state index in [-0.39, 0.29) is 5.91 Å². The third kappa shape index (κ3) is 3.01. The van der Waals surface area contributed by atoms with Crippen LogP contribution in [0.5, 0.6) is 0 Å². The van der Waals surface area contributed by atoms with Gasteiger partial charge in [0.15, 0.2) is 0 Å². The summed E-state index contributed by atoms with van der Waals surface area (Å²) in [7, 11) is 0. The molecule has 21 heavy (non-hydrogen) atoms. The number of benzene rings is 1. The number of amides is 1. The predicted molar refractivity (Wildman–Crippen MR) is 97.1 cm³/mol. The summed E-state index contributed by atoms with van der Waals surface area (Å²) >= 11 is 9.90. The van der Waals surface area contributed by atoms with E-state index in [2.05, 4.69) is 37.2 Å². The van der Waals surface area contributed by atoms with E-state index >= 15 is 0 Å². The van der Waals surface area contributed by atoms with Gasteiger partial charge < -0.3 is 11.1 Å². The maximum Gasteiger partial charge on any atom is 0.263 e. The van der Waals surface area contributed by atoms with Crippen LogP contribution in [0.1, 0.15) is 14.5 Å². The third-order valence-corrected chi connectivity index (χ3v) is 6.48. The average molecular weight is 446 g/mol. The molecule has 2 heterocycles. The molecular formula is C14H10Br2N2OS2. The Labute approximate surface area is 146 Å². The highest BCUT2D eigenvalue weighted by Crippen LogP contribution is 2.38. The molecule has 0 atom stereocenters. The molecule has 7 heteroatoms. The van der Waals surface area contributed by atoms with E-state index in [4.69, 9.17) is 5.73 Å². The molecule has 3 nitrogen and oxygen atoms in total. The van der Waals surface area contributed by atoms with Gasteiger partial charge in [-0.2, -0.15) is 0 Å². The summed E-state index contributed by atoms with van der Waals surface area (Å²) in [5.41, 5.74) is 6.66. The zero-order valence-corrected chi connectivity index (χ0v) is 15.5. The van der Waals surface area contributed by atoms with Gasteiger partial charge in [-0.15, -0.1) is 22.7 Å². The molecule has 0 fully saturated rings. The van der Waals surface area contributed by atoms with E-state index < -0.39 is 0 Å². The summed E-state index contributed by atoms with van der Waals surface area (Å²) in [6.45, 7) is 0.504. The van der Waals surface area contributed by atoms with Gasteiger partial charge >= 0.3 is 0 Å². The Morgan fingerprint density at radius 1 is 1.33 bits per heavy atom. The fourth-order valence-corrected chi connectivity index (χ4v) is 5.16. The van der Waals surface area contributed by atoms with Crippen LogP contribution in [0.3, 0.4) is 0 Å². The topological polar surface area (TPSA) is 55.1 Å². The van der Waals surface area contributed by atoms with E-state index in [1.54, 1.807) is 11.3 Å². The molecule has 0 unspecified atom stereocenters. The van der Waals surface area contributed by atoms with E-state index in [1.165, 1.54) is 11.3 Å². The molecule has 0 aliphatic rings. The SMILES string of the molecule is Nc1c(C(=O)NCc2cc(Br)cs2)sc2cccc(Br)c12. The molecule has 2 aromatic heterocycles. The summed E-state index contributed by atoms with van der Waals surface area (Å²) < 4.78 is 2.95. The predicted octanol–water partition coefficient (Wildman–Crippen LogP) is 5.00. The number of hydrogen-bond donors (Lipinski definition) is 2. The molecule has 3 rings (SSSR count). The van der Waals surface area contributed by atoms with Crippen LogP contribution in [0.2, 0.25) is 0 Å². The van der Waals surface area contributed by atoms with Crippen LogP contribution in [-0.2, 0) is 6.54 Å². The van der Waals surface area contributed by atoms with Crippen molar-refractivity contribution in [3.8, 4) is 0 Å². The summed E-state index contributed by atoms with van der Waals surface area (Å²) in [6, 6.07) is 7.83. The van der Waals surface area contributed by atoms with Gasteiger partial charge in [0.1, 0.15) is 4.88 Å². The largest absolute Gasteiger partial charge is 0.397 e. The molecule has 0 saturated carbocycles. The van der Waals surface area contributed by atoms with Crippen LogP contribution in [0.25, 0.3) is 10.1 Å². The lowest BCUT2D eigenvalue weighted by Crippen LogP contribution is -2.22. The normalized spacial score (nSPS) is 11.0. The van der Waals surface area contributed by atoms with Crippen LogP contribution < -0.4 is 11.1 Å². The summed E-state index contributed by atoms with van der Waals surface area (Å²) in [5.74, 6) is -0.134. The molecule has 3 aromatic rings. The number of rotatable bonds is 3. The lowest BCUT2D eigenvalue weighted by atomic mass is 10.2. The Hall–Kier alpha value is -0.890. The first-order valence-electron chi connectivity index (χ1n) is 6.04. The van der Waals surface area contributed by atoms with Crippen LogP contribution >= 0.6 is 54.5 Å². The first kappa shape index (κ1) is 15.0. The lowest BCUT2D eigenvalue weighted by molar-refractivity contribution is 0.0956. The number of halogens is 2. The van der Waals surface area contributed by atoms with Crippen molar-refractivity contribution in [2.45, 2.75) is 6.54 Å². The molecule has 0 bridgehead atoms. The quantitative estimate of drug-likeness (QED) is 0.595. The Morgan fingerprint density at radius 3 is 2.81 bits per heavy atom. The Kier molecular flexibility index (Phi) is 4.35. The van der Waals surface area contributed by atoms with Gasteiger partial charge in [-0.25, -0.2) is 0 Å². The highest BCUT2D eigenvalue weighted by molar-refractivity contribution is 9.11. The van der Waals surface area contributed by atoms with Crippen molar-refractivity contribution in [3.63, 3.8) is 0 Å². The zero-order chi connectivity index (χ0) is 15.0. The minimum absolute atomic E-state index is 0.134. The first-order chi connectivity index (χ1) is 10.1. The standard InChI is InChI=1S/C14H10Br2N2OS2/c15-7-4-8(20-6-7)5-18-14(19)13-12(17)11-9(16)2-1-3-10(11)21-13/h1-4,6H,5,17H2,(H,18,19). The van der Waals surface area contributed by atoms with Crippen LogP contribution in [0.15, 0.2) is 38.6 Å². The molecule has 0 spiro atoms. The number of carbonyl (C=O) groups excluding carboxylic acids is 1.